The van der Waals surface area contributed by atoms with Crippen molar-refractivity contribution in [2.75, 3.05) is 14.2 Å². The Morgan fingerprint density at radius 1 is 1.28 bits per heavy atom. The molecule has 18 heavy (non-hydrogen) atoms. The number of hydrogen-bond donors (Lipinski definition) is 1. The van der Waals surface area contributed by atoms with Crippen LogP contribution in [0.3, 0.4) is 0 Å². The second kappa shape index (κ2) is 4.79. The first kappa shape index (κ1) is 12.0. The summed E-state index contributed by atoms with van der Waals surface area (Å²) in [6.07, 6.45) is 2.87. The van der Waals surface area contributed by atoms with Crippen LogP contribution in [0.5, 0.6) is 11.5 Å². The molecule has 0 aliphatic heterocycles. The number of rotatable bonds is 4. The maximum atomic E-state index is 10.7. The average Bonchev–Trinajstić information content (AvgIpc) is 2.87. The molecule has 6 nitrogen and oxygen atoms in total. The molecule has 0 saturated carbocycles. The number of aromatic carboxylic acids is 1. The van der Waals surface area contributed by atoms with Crippen LogP contribution in [0.2, 0.25) is 0 Å². The maximum Gasteiger partial charge on any atom is 0.356 e. The van der Waals surface area contributed by atoms with Crippen LogP contribution < -0.4 is 9.47 Å². The summed E-state index contributed by atoms with van der Waals surface area (Å²) in [4.78, 5) is 14.5. The van der Waals surface area contributed by atoms with Crippen molar-refractivity contribution in [3.8, 4) is 17.2 Å². The number of benzene rings is 1. The Bertz CT molecular complexity index is 577. The highest BCUT2D eigenvalue weighted by Crippen LogP contribution is 2.29. The molecule has 0 aliphatic carbocycles. The molecule has 6 heteroatoms. The molecular formula is C12H12N2O4. The lowest BCUT2D eigenvalue weighted by atomic mass is 10.2. The monoisotopic (exact) mass is 248 g/mol. The molecule has 0 fully saturated rings. The van der Waals surface area contributed by atoms with Gasteiger partial charge in [-0.2, -0.15) is 0 Å². The molecule has 0 amide bonds. The van der Waals surface area contributed by atoms with E-state index in [2.05, 4.69) is 4.98 Å². The van der Waals surface area contributed by atoms with E-state index < -0.39 is 5.97 Å². The van der Waals surface area contributed by atoms with Crippen LogP contribution in [0.1, 0.15) is 10.5 Å². The number of hydrogen-bond acceptors (Lipinski definition) is 4. The van der Waals surface area contributed by atoms with Crippen molar-refractivity contribution >= 4 is 5.97 Å². The fourth-order valence-electron chi connectivity index (χ4n) is 1.56. The van der Waals surface area contributed by atoms with Gasteiger partial charge in [-0.15, -0.1) is 0 Å². The maximum absolute atomic E-state index is 10.7. The van der Waals surface area contributed by atoms with Gasteiger partial charge in [0.2, 0.25) is 0 Å². The third kappa shape index (κ3) is 2.13. The predicted octanol–water partition coefficient (Wildman–Crippen LogP) is 1.59. The van der Waals surface area contributed by atoms with Gasteiger partial charge in [0.1, 0.15) is 6.33 Å². The minimum absolute atomic E-state index is 0.00946. The highest BCUT2D eigenvalue weighted by atomic mass is 16.5. The molecule has 0 unspecified atom stereocenters. The van der Waals surface area contributed by atoms with Crippen LogP contribution in [0.4, 0.5) is 0 Å². The molecule has 1 aromatic carbocycles. The molecule has 2 rings (SSSR count). The molecular weight excluding hydrogens is 236 g/mol. The van der Waals surface area contributed by atoms with Crippen molar-refractivity contribution in [2.24, 2.45) is 0 Å². The van der Waals surface area contributed by atoms with Crippen LogP contribution in [-0.2, 0) is 0 Å². The van der Waals surface area contributed by atoms with Crippen molar-refractivity contribution in [1.82, 2.24) is 9.55 Å². The van der Waals surface area contributed by atoms with E-state index in [1.54, 1.807) is 29.9 Å². The van der Waals surface area contributed by atoms with Gasteiger partial charge < -0.3 is 19.1 Å². The van der Waals surface area contributed by atoms with Gasteiger partial charge in [-0.3, -0.25) is 0 Å². The second-order valence-corrected chi connectivity index (χ2v) is 3.51. The number of carbonyl (C=O) groups is 1. The summed E-state index contributed by atoms with van der Waals surface area (Å²) in [6.45, 7) is 0. The predicted molar refractivity (Wildman–Crippen MR) is 63.6 cm³/mol. The summed E-state index contributed by atoms with van der Waals surface area (Å²) in [7, 11) is 3.09. The molecule has 1 aromatic heterocycles. The molecule has 0 atom stereocenters. The molecule has 0 bridgehead atoms. The van der Waals surface area contributed by atoms with Gasteiger partial charge in [-0.1, -0.05) is 0 Å². The van der Waals surface area contributed by atoms with E-state index >= 15 is 0 Å². The number of carboxylic acids is 1. The van der Waals surface area contributed by atoms with Crippen molar-refractivity contribution in [3.05, 3.63) is 36.4 Å². The molecule has 2 aromatic rings. The van der Waals surface area contributed by atoms with Gasteiger partial charge in [0.15, 0.2) is 17.2 Å². The summed E-state index contributed by atoms with van der Waals surface area (Å²) in [5, 5.41) is 8.81. The Morgan fingerprint density at radius 3 is 2.56 bits per heavy atom. The van der Waals surface area contributed by atoms with Crippen molar-refractivity contribution < 1.29 is 19.4 Å². The first-order chi connectivity index (χ1) is 8.65. The molecule has 0 saturated heterocycles. The number of aromatic nitrogens is 2. The van der Waals surface area contributed by atoms with E-state index in [9.17, 15) is 4.79 Å². The van der Waals surface area contributed by atoms with Gasteiger partial charge in [0.05, 0.1) is 19.9 Å². The summed E-state index contributed by atoms with van der Waals surface area (Å²) in [5.41, 5.74) is 0.734. The second-order valence-electron chi connectivity index (χ2n) is 3.51. The first-order valence-electron chi connectivity index (χ1n) is 5.15. The fourth-order valence-corrected chi connectivity index (χ4v) is 1.56. The Balaban J connectivity index is 2.41. The molecule has 0 radical (unpaired) electrons. The van der Waals surface area contributed by atoms with Crippen molar-refractivity contribution in [1.29, 1.82) is 0 Å². The van der Waals surface area contributed by atoms with Gasteiger partial charge in [0.25, 0.3) is 0 Å². The number of nitrogens with zero attached hydrogens (tertiary/aromatic N) is 2. The van der Waals surface area contributed by atoms with E-state index in [-0.39, 0.29) is 5.69 Å². The third-order valence-corrected chi connectivity index (χ3v) is 2.47. The van der Waals surface area contributed by atoms with Crippen LogP contribution in [0, 0.1) is 0 Å². The normalized spacial score (nSPS) is 10.1. The zero-order valence-corrected chi connectivity index (χ0v) is 9.95. The highest BCUT2D eigenvalue weighted by Gasteiger charge is 2.09. The number of carboxylic acid groups (broad SMARTS) is 1. The zero-order valence-electron chi connectivity index (χ0n) is 9.95. The van der Waals surface area contributed by atoms with Gasteiger partial charge in [-0.05, 0) is 12.1 Å². The standard InChI is InChI=1S/C12H12N2O4/c1-17-10-4-3-8(5-11(10)18-2)14-6-9(12(15)16)13-7-14/h3-7H,1-2H3,(H,15,16). The summed E-state index contributed by atoms with van der Waals surface area (Å²) in [5.74, 6) is 0.120. The van der Waals surface area contributed by atoms with Gasteiger partial charge in [0, 0.05) is 12.3 Å². The largest absolute Gasteiger partial charge is 0.493 e. The first-order valence-corrected chi connectivity index (χ1v) is 5.15. The minimum Gasteiger partial charge on any atom is -0.493 e. The number of methoxy groups -OCH3 is 2. The van der Waals surface area contributed by atoms with Crippen LogP contribution in [0.15, 0.2) is 30.7 Å². The highest BCUT2D eigenvalue weighted by molar-refractivity contribution is 5.85. The van der Waals surface area contributed by atoms with Crippen molar-refractivity contribution in [2.45, 2.75) is 0 Å². The average molecular weight is 248 g/mol. The quantitative estimate of drug-likeness (QED) is 0.889. The molecule has 1 heterocycles. The Morgan fingerprint density at radius 2 is 2.00 bits per heavy atom. The molecule has 0 spiro atoms. The SMILES string of the molecule is COc1ccc(-n2cnc(C(=O)O)c2)cc1OC. The van der Waals surface area contributed by atoms with E-state index in [0.29, 0.717) is 11.5 Å². The van der Waals surface area contributed by atoms with Gasteiger partial charge >= 0.3 is 5.97 Å². The number of ether oxygens (including phenoxy) is 2. The van der Waals surface area contributed by atoms with E-state index in [1.165, 1.54) is 19.6 Å². The topological polar surface area (TPSA) is 73.6 Å². The summed E-state index contributed by atoms with van der Waals surface area (Å²) >= 11 is 0. The summed E-state index contributed by atoms with van der Waals surface area (Å²) < 4.78 is 11.9. The minimum atomic E-state index is -1.06. The lowest BCUT2D eigenvalue weighted by molar-refractivity contribution is 0.0691. The fraction of sp³-hybridized carbons (Fsp3) is 0.167. The molecule has 94 valence electrons. The Kier molecular flexibility index (Phi) is 3.18. The Labute approximate surface area is 103 Å². The van der Waals surface area contributed by atoms with E-state index in [1.807, 2.05) is 0 Å². The van der Waals surface area contributed by atoms with E-state index in [0.717, 1.165) is 5.69 Å². The Hall–Kier alpha value is -2.50. The van der Waals surface area contributed by atoms with Crippen LogP contribution >= 0.6 is 0 Å². The number of imidazole rings is 1. The molecule has 1 N–H and O–H groups in total. The smallest absolute Gasteiger partial charge is 0.356 e. The lowest BCUT2D eigenvalue weighted by Gasteiger charge is -2.09. The summed E-state index contributed by atoms with van der Waals surface area (Å²) in [6, 6.07) is 5.27. The third-order valence-electron chi connectivity index (χ3n) is 2.47. The molecule has 0 aliphatic rings. The lowest BCUT2D eigenvalue weighted by Crippen LogP contribution is -1.96. The zero-order chi connectivity index (χ0) is 13.1. The van der Waals surface area contributed by atoms with E-state index in [4.69, 9.17) is 14.6 Å². The van der Waals surface area contributed by atoms with Gasteiger partial charge in [-0.25, -0.2) is 9.78 Å². The van der Waals surface area contributed by atoms with Crippen LogP contribution in [-0.4, -0.2) is 34.8 Å². The van der Waals surface area contributed by atoms with Crippen molar-refractivity contribution in [3.63, 3.8) is 0 Å². The van der Waals surface area contributed by atoms with Crippen LogP contribution in [0.25, 0.3) is 5.69 Å².